The molecule has 0 aromatic rings. The normalized spacial score (nSPS) is 68.7. The molecule has 0 aliphatic heterocycles. The molecule has 6 aliphatic carbocycles. The molecule has 6 saturated carbocycles. The van der Waals surface area contributed by atoms with E-state index in [2.05, 4.69) is 13.8 Å². The highest BCUT2D eigenvalue weighted by atomic mass is 32.1. The molecular formula is C18H28S. The molecule has 0 radical (unpaired) electrons. The van der Waals surface area contributed by atoms with Crippen LogP contribution in [0, 0.1) is 58.7 Å². The first-order valence-electron chi connectivity index (χ1n) is 8.74. The van der Waals surface area contributed by atoms with Gasteiger partial charge < -0.3 is 0 Å². The molecule has 6 fully saturated rings. The van der Waals surface area contributed by atoms with Crippen LogP contribution < -0.4 is 0 Å². The van der Waals surface area contributed by atoms with Crippen LogP contribution in [0.3, 0.4) is 0 Å². The molecular weight excluding hydrogens is 248 g/mol. The minimum atomic E-state index is 0.572. The molecule has 6 rings (SSSR count). The Bertz CT molecular complexity index is 412. The molecule has 0 spiro atoms. The molecule has 106 valence electrons. The lowest BCUT2D eigenvalue weighted by atomic mass is 9.49. The maximum absolute atomic E-state index is 4.84. The van der Waals surface area contributed by atoms with E-state index in [-0.39, 0.29) is 0 Å². The Labute approximate surface area is 123 Å². The summed E-state index contributed by atoms with van der Waals surface area (Å²) in [6, 6.07) is 0. The lowest BCUT2D eigenvalue weighted by molar-refractivity contribution is -0.0802. The summed E-state index contributed by atoms with van der Waals surface area (Å²) in [7, 11) is 0. The number of hydrogen-bond acceptors (Lipinski definition) is 1. The van der Waals surface area contributed by atoms with Crippen molar-refractivity contribution in [2.24, 2.45) is 58.7 Å². The van der Waals surface area contributed by atoms with Gasteiger partial charge in [0.15, 0.2) is 0 Å². The Morgan fingerprint density at radius 3 is 2.47 bits per heavy atom. The fraction of sp³-hybridized carbons (Fsp3) is 1.00. The minimum Gasteiger partial charge on any atom is -0.179 e. The van der Waals surface area contributed by atoms with Gasteiger partial charge >= 0.3 is 0 Å². The number of thiol groups is 1. The molecule has 0 aromatic carbocycles. The Morgan fingerprint density at radius 1 is 0.947 bits per heavy atom. The second kappa shape index (κ2) is 3.57. The summed E-state index contributed by atoms with van der Waals surface area (Å²) in [6.45, 7) is 5.20. The van der Waals surface area contributed by atoms with E-state index in [9.17, 15) is 0 Å². The first kappa shape index (κ1) is 12.0. The van der Waals surface area contributed by atoms with E-state index < -0.39 is 0 Å². The second-order valence-electron chi connectivity index (χ2n) is 9.13. The summed E-state index contributed by atoms with van der Waals surface area (Å²) in [5.74, 6) is 11.0. The van der Waals surface area contributed by atoms with Gasteiger partial charge in [0.1, 0.15) is 0 Å². The molecule has 19 heavy (non-hydrogen) atoms. The maximum atomic E-state index is 4.84. The van der Waals surface area contributed by atoms with E-state index in [0.717, 1.165) is 59.0 Å². The van der Waals surface area contributed by atoms with Crippen molar-refractivity contribution in [2.75, 3.05) is 5.75 Å². The van der Waals surface area contributed by atoms with Crippen LogP contribution in [-0.2, 0) is 0 Å². The summed E-state index contributed by atoms with van der Waals surface area (Å²) in [5.41, 5.74) is 0.572. The van der Waals surface area contributed by atoms with Crippen molar-refractivity contribution < 1.29 is 0 Å². The molecule has 8 unspecified atom stereocenters. The summed E-state index contributed by atoms with van der Waals surface area (Å²) in [5, 5.41) is 0. The van der Waals surface area contributed by atoms with Crippen LogP contribution in [0.15, 0.2) is 0 Å². The third-order valence-electron chi connectivity index (χ3n) is 8.83. The van der Waals surface area contributed by atoms with Crippen LogP contribution in [-0.4, -0.2) is 5.75 Å². The Hall–Kier alpha value is 0.350. The van der Waals surface area contributed by atoms with E-state index in [1.54, 1.807) is 32.1 Å². The Kier molecular flexibility index (Phi) is 2.24. The zero-order chi connectivity index (χ0) is 12.9. The highest BCUT2D eigenvalue weighted by molar-refractivity contribution is 7.80. The van der Waals surface area contributed by atoms with Crippen molar-refractivity contribution >= 4 is 12.6 Å². The van der Waals surface area contributed by atoms with E-state index >= 15 is 0 Å². The van der Waals surface area contributed by atoms with Gasteiger partial charge in [-0.2, -0.15) is 12.6 Å². The van der Waals surface area contributed by atoms with Gasteiger partial charge in [-0.15, -0.1) is 0 Å². The molecule has 1 heteroatoms. The zero-order valence-electron chi connectivity index (χ0n) is 12.4. The highest BCUT2D eigenvalue weighted by Crippen LogP contribution is 2.73. The molecule has 0 heterocycles. The third-order valence-corrected chi connectivity index (χ3v) is 9.51. The first-order chi connectivity index (χ1) is 9.13. The van der Waals surface area contributed by atoms with Crippen LogP contribution in [0.1, 0.15) is 46.0 Å². The quantitative estimate of drug-likeness (QED) is 0.670. The predicted octanol–water partition coefficient (Wildman–Crippen LogP) is 4.51. The van der Waals surface area contributed by atoms with Crippen LogP contribution in [0.25, 0.3) is 0 Å². The van der Waals surface area contributed by atoms with E-state index in [0.29, 0.717) is 5.41 Å². The van der Waals surface area contributed by atoms with Crippen molar-refractivity contribution in [3.8, 4) is 0 Å². The number of hydrogen-bond donors (Lipinski definition) is 1. The summed E-state index contributed by atoms with van der Waals surface area (Å²) in [4.78, 5) is 0. The Morgan fingerprint density at radius 2 is 1.74 bits per heavy atom. The van der Waals surface area contributed by atoms with Crippen molar-refractivity contribution in [1.82, 2.24) is 0 Å². The van der Waals surface area contributed by atoms with E-state index in [1.165, 1.54) is 0 Å². The van der Waals surface area contributed by atoms with E-state index in [4.69, 9.17) is 12.6 Å². The van der Waals surface area contributed by atoms with Gasteiger partial charge in [0.25, 0.3) is 0 Å². The minimum absolute atomic E-state index is 0.572. The molecule has 0 N–H and O–H groups in total. The van der Waals surface area contributed by atoms with E-state index in [1.807, 2.05) is 0 Å². The lowest BCUT2D eigenvalue weighted by Crippen LogP contribution is -2.51. The van der Waals surface area contributed by atoms with Gasteiger partial charge in [-0.05, 0) is 96.5 Å². The second-order valence-corrected chi connectivity index (χ2v) is 9.44. The molecule has 4 bridgehead atoms. The smallest absolute Gasteiger partial charge is 0.00384 e. The van der Waals surface area contributed by atoms with Gasteiger partial charge in [0.05, 0.1) is 0 Å². The predicted molar refractivity (Wildman–Crippen MR) is 82.1 cm³/mol. The summed E-state index contributed by atoms with van der Waals surface area (Å²) >= 11 is 4.84. The van der Waals surface area contributed by atoms with Crippen LogP contribution in [0.2, 0.25) is 0 Å². The van der Waals surface area contributed by atoms with Gasteiger partial charge in [0, 0.05) is 0 Å². The van der Waals surface area contributed by atoms with Gasteiger partial charge in [-0.3, -0.25) is 0 Å². The van der Waals surface area contributed by atoms with Crippen molar-refractivity contribution in [2.45, 2.75) is 46.0 Å². The molecule has 6 aliphatic rings. The van der Waals surface area contributed by atoms with Crippen molar-refractivity contribution in [3.05, 3.63) is 0 Å². The van der Waals surface area contributed by atoms with Crippen LogP contribution in [0.4, 0.5) is 0 Å². The average Bonchev–Trinajstić information content (AvgIpc) is 2.48. The van der Waals surface area contributed by atoms with Crippen molar-refractivity contribution in [1.29, 1.82) is 0 Å². The average molecular weight is 276 g/mol. The lowest BCUT2D eigenvalue weighted by Gasteiger charge is -2.56. The zero-order valence-corrected chi connectivity index (χ0v) is 13.3. The molecule has 8 atom stereocenters. The summed E-state index contributed by atoms with van der Waals surface area (Å²) < 4.78 is 0. The fourth-order valence-electron chi connectivity index (χ4n) is 7.78. The van der Waals surface area contributed by atoms with Crippen LogP contribution in [0.5, 0.6) is 0 Å². The van der Waals surface area contributed by atoms with Gasteiger partial charge in [-0.25, -0.2) is 0 Å². The largest absolute Gasteiger partial charge is 0.179 e. The van der Waals surface area contributed by atoms with Crippen LogP contribution >= 0.6 is 12.6 Å². The topological polar surface area (TPSA) is 0 Å². The number of rotatable bonds is 1. The van der Waals surface area contributed by atoms with Crippen molar-refractivity contribution in [3.63, 3.8) is 0 Å². The molecule has 0 saturated heterocycles. The molecule has 0 amide bonds. The monoisotopic (exact) mass is 276 g/mol. The van der Waals surface area contributed by atoms with Gasteiger partial charge in [-0.1, -0.05) is 13.8 Å². The maximum Gasteiger partial charge on any atom is -0.00384 e. The standard InChI is InChI=1S/C18H28S/c1-9-3-11-6-14-13-7-15(16(9)17(11)14)18(2,8-19)12-4-10(13)5-12/h9-17,19H,3-8H2,1-2H3. The fourth-order valence-corrected chi connectivity index (χ4v) is 8.28. The highest BCUT2D eigenvalue weighted by Gasteiger charge is 2.67. The third kappa shape index (κ3) is 1.22. The van der Waals surface area contributed by atoms with Gasteiger partial charge in [0.2, 0.25) is 0 Å². The molecule has 0 nitrogen and oxygen atoms in total. The Balaban J connectivity index is 1.61. The first-order valence-corrected chi connectivity index (χ1v) is 9.37. The molecule has 0 aromatic heterocycles. The summed E-state index contributed by atoms with van der Waals surface area (Å²) in [6.07, 6.45) is 7.89. The SMILES string of the molecule is CC1CC2CC3C4CC(C1C23)C(C)(CS)C1CC4C1.